The van der Waals surface area contributed by atoms with Crippen molar-refractivity contribution in [2.75, 3.05) is 66.1 Å². The summed E-state index contributed by atoms with van der Waals surface area (Å²) in [5.41, 5.74) is 0. The van der Waals surface area contributed by atoms with Crippen molar-refractivity contribution in [1.82, 2.24) is 0 Å². The molecule has 0 saturated heterocycles. The first-order valence-corrected chi connectivity index (χ1v) is 10.2. The first-order valence-electron chi connectivity index (χ1n) is 10.2. The second-order valence-corrected chi connectivity index (χ2v) is 6.28. The highest BCUT2D eigenvalue weighted by Crippen LogP contribution is 2.08. The molecule has 0 N–H and O–H groups in total. The van der Waals surface area contributed by atoms with Crippen LogP contribution in [0.2, 0.25) is 0 Å². The molecule has 0 heterocycles. The molecule has 0 aliphatic heterocycles. The molecule has 0 aromatic rings. The summed E-state index contributed by atoms with van der Waals surface area (Å²) >= 11 is 0. The molecule has 0 aromatic carbocycles. The van der Waals surface area contributed by atoms with Crippen molar-refractivity contribution in [2.45, 2.75) is 46.5 Å². The Balaban J connectivity index is 3.50. The van der Waals surface area contributed by atoms with E-state index >= 15 is 0 Å². The highest BCUT2D eigenvalue weighted by Gasteiger charge is 2.16. The molecular weight excluding hydrogens is 368 g/mol. The Hall–Kier alpha value is -1.22. The van der Waals surface area contributed by atoms with Crippen LogP contribution < -0.4 is 0 Å². The van der Waals surface area contributed by atoms with Crippen molar-refractivity contribution >= 4 is 11.9 Å². The van der Waals surface area contributed by atoms with Crippen LogP contribution in [0.15, 0.2) is 0 Å². The van der Waals surface area contributed by atoms with Crippen molar-refractivity contribution in [3.63, 3.8) is 0 Å². The summed E-state index contributed by atoms with van der Waals surface area (Å²) in [5.74, 6) is -1.05. The average Bonchev–Trinajstić information content (AvgIpc) is 2.69. The second kappa shape index (κ2) is 20.5. The van der Waals surface area contributed by atoms with E-state index in [1.807, 2.05) is 13.8 Å². The van der Waals surface area contributed by atoms with Gasteiger partial charge in [-0.15, -0.1) is 0 Å². The Bertz CT molecular complexity index is 375. The van der Waals surface area contributed by atoms with Gasteiger partial charge in [-0.25, -0.2) is 0 Å². The van der Waals surface area contributed by atoms with Crippen LogP contribution in [0.1, 0.15) is 46.5 Å². The minimum atomic E-state index is -0.368. The molecule has 0 aliphatic carbocycles. The van der Waals surface area contributed by atoms with Crippen molar-refractivity contribution in [2.24, 2.45) is 5.92 Å². The molecular formula is C20H38O8. The van der Waals surface area contributed by atoms with Gasteiger partial charge < -0.3 is 28.4 Å². The average molecular weight is 407 g/mol. The number of ether oxygens (including phenoxy) is 6. The largest absolute Gasteiger partial charge is 0.463 e. The summed E-state index contributed by atoms with van der Waals surface area (Å²) in [6.07, 6.45) is 2.51. The van der Waals surface area contributed by atoms with E-state index in [2.05, 4.69) is 0 Å². The standard InChI is InChI=1S/C20H38O8/c1-4-8-23-10-12-25-14-16-27-19(21)7-6-18(3)20(22)28-17-15-26-13-11-24-9-5-2/h18H,4-17H2,1-3H3. The van der Waals surface area contributed by atoms with E-state index in [-0.39, 0.29) is 37.5 Å². The number of hydrogen-bond donors (Lipinski definition) is 0. The second-order valence-electron chi connectivity index (χ2n) is 6.28. The highest BCUT2D eigenvalue weighted by molar-refractivity contribution is 5.74. The van der Waals surface area contributed by atoms with Gasteiger partial charge in [-0.2, -0.15) is 0 Å². The first-order chi connectivity index (χ1) is 13.6. The summed E-state index contributed by atoms with van der Waals surface area (Å²) < 4.78 is 31.3. The van der Waals surface area contributed by atoms with E-state index < -0.39 is 0 Å². The minimum Gasteiger partial charge on any atom is -0.463 e. The minimum absolute atomic E-state index is 0.168. The first kappa shape index (κ1) is 26.8. The van der Waals surface area contributed by atoms with Crippen LogP contribution in [0.5, 0.6) is 0 Å². The normalized spacial score (nSPS) is 12.0. The third-order valence-electron chi connectivity index (χ3n) is 3.59. The number of carbonyl (C=O) groups excluding carboxylic acids is 2. The van der Waals surface area contributed by atoms with Crippen molar-refractivity contribution in [1.29, 1.82) is 0 Å². The van der Waals surface area contributed by atoms with Crippen LogP contribution in [-0.4, -0.2) is 78.0 Å². The third kappa shape index (κ3) is 18.2. The van der Waals surface area contributed by atoms with E-state index in [0.29, 0.717) is 46.1 Å². The number of hydrogen-bond acceptors (Lipinski definition) is 8. The van der Waals surface area contributed by atoms with Gasteiger partial charge in [0.05, 0.1) is 45.6 Å². The molecule has 1 unspecified atom stereocenters. The zero-order valence-electron chi connectivity index (χ0n) is 17.7. The molecule has 8 heteroatoms. The summed E-state index contributed by atoms with van der Waals surface area (Å²) in [7, 11) is 0. The molecule has 0 saturated carbocycles. The predicted octanol–water partition coefficient (Wildman–Crippen LogP) is 2.38. The lowest BCUT2D eigenvalue weighted by atomic mass is 10.1. The monoisotopic (exact) mass is 406 g/mol. The van der Waals surface area contributed by atoms with Gasteiger partial charge in [0, 0.05) is 19.6 Å². The molecule has 0 fully saturated rings. The Morgan fingerprint density at radius 1 is 0.643 bits per heavy atom. The van der Waals surface area contributed by atoms with Crippen LogP contribution in [-0.2, 0) is 38.0 Å². The van der Waals surface area contributed by atoms with E-state index in [1.165, 1.54) is 0 Å². The SMILES string of the molecule is CCCOCCOCCOC(=O)CCC(C)C(=O)OCCOCCOCCC. The number of carbonyl (C=O) groups is 2. The summed E-state index contributed by atoms with van der Waals surface area (Å²) in [5, 5.41) is 0. The lowest BCUT2D eigenvalue weighted by molar-refractivity contribution is -0.151. The van der Waals surface area contributed by atoms with Gasteiger partial charge in [-0.3, -0.25) is 9.59 Å². The Morgan fingerprint density at radius 2 is 1.07 bits per heavy atom. The zero-order valence-corrected chi connectivity index (χ0v) is 17.7. The van der Waals surface area contributed by atoms with Gasteiger partial charge in [-0.05, 0) is 19.3 Å². The van der Waals surface area contributed by atoms with Crippen LogP contribution in [0.3, 0.4) is 0 Å². The van der Waals surface area contributed by atoms with E-state index in [1.54, 1.807) is 6.92 Å². The molecule has 0 rings (SSSR count). The maximum Gasteiger partial charge on any atom is 0.308 e. The van der Waals surface area contributed by atoms with Crippen LogP contribution in [0.4, 0.5) is 0 Å². The van der Waals surface area contributed by atoms with Gasteiger partial charge in [-0.1, -0.05) is 20.8 Å². The highest BCUT2D eigenvalue weighted by atomic mass is 16.6. The summed E-state index contributed by atoms with van der Waals surface area (Å²) in [4.78, 5) is 23.5. The fourth-order valence-electron chi connectivity index (χ4n) is 2.01. The number of rotatable bonds is 20. The van der Waals surface area contributed by atoms with Crippen LogP contribution in [0, 0.1) is 5.92 Å². The molecule has 0 amide bonds. The maximum atomic E-state index is 11.9. The van der Waals surface area contributed by atoms with Gasteiger partial charge in [0.15, 0.2) is 0 Å². The Labute approximate surface area is 169 Å². The quantitative estimate of drug-likeness (QED) is 0.225. The third-order valence-corrected chi connectivity index (χ3v) is 3.59. The van der Waals surface area contributed by atoms with Gasteiger partial charge in [0.2, 0.25) is 0 Å². The van der Waals surface area contributed by atoms with Crippen molar-refractivity contribution < 1.29 is 38.0 Å². The van der Waals surface area contributed by atoms with E-state index in [4.69, 9.17) is 28.4 Å². The fraction of sp³-hybridized carbons (Fsp3) is 0.900. The Morgan fingerprint density at radius 3 is 1.57 bits per heavy atom. The van der Waals surface area contributed by atoms with Gasteiger partial charge in [0.1, 0.15) is 13.2 Å². The Kier molecular flexibility index (Phi) is 19.6. The molecule has 0 spiro atoms. The molecule has 0 radical (unpaired) electrons. The van der Waals surface area contributed by atoms with Crippen LogP contribution >= 0.6 is 0 Å². The summed E-state index contributed by atoms with van der Waals surface area (Å²) in [6.45, 7) is 10.4. The molecule has 8 nitrogen and oxygen atoms in total. The molecule has 0 aliphatic rings. The summed E-state index contributed by atoms with van der Waals surface area (Å²) in [6, 6.07) is 0. The molecule has 166 valence electrons. The van der Waals surface area contributed by atoms with Crippen LogP contribution in [0.25, 0.3) is 0 Å². The molecule has 28 heavy (non-hydrogen) atoms. The fourth-order valence-corrected chi connectivity index (χ4v) is 2.01. The van der Waals surface area contributed by atoms with Gasteiger partial charge in [0.25, 0.3) is 0 Å². The van der Waals surface area contributed by atoms with Gasteiger partial charge >= 0.3 is 11.9 Å². The maximum absolute atomic E-state index is 11.9. The molecule has 1 atom stereocenters. The lowest BCUT2D eigenvalue weighted by Crippen LogP contribution is -2.20. The van der Waals surface area contributed by atoms with E-state index in [9.17, 15) is 9.59 Å². The smallest absolute Gasteiger partial charge is 0.308 e. The van der Waals surface area contributed by atoms with Crippen molar-refractivity contribution in [3.8, 4) is 0 Å². The predicted molar refractivity (Wildman–Crippen MR) is 104 cm³/mol. The topological polar surface area (TPSA) is 89.5 Å². The molecule has 0 aromatic heterocycles. The molecule has 0 bridgehead atoms. The zero-order chi connectivity index (χ0) is 20.9. The lowest BCUT2D eigenvalue weighted by Gasteiger charge is -2.12. The number of esters is 2. The van der Waals surface area contributed by atoms with E-state index in [0.717, 1.165) is 26.1 Å². The van der Waals surface area contributed by atoms with Crippen molar-refractivity contribution in [3.05, 3.63) is 0 Å².